The molecule has 8 heteroatoms. The molecule has 0 bridgehead atoms. The third kappa shape index (κ3) is 8.52. The average Bonchev–Trinajstić information content (AvgIpc) is 2.45. The molecule has 4 N–H and O–H groups in total. The largest absolute Gasteiger partial charge is 0.370 e. The van der Waals surface area contributed by atoms with E-state index in [-0.39, 0.29) is 24.0 Å². The number of aliphatic imine (C=N–C) groups is 1. The van der Waals surface area contributed by atoms with Crippen LogP contribution in [0.4, 0.5) is 5.69 Å². The van der Waals surface area contributed by atoms with E-state index in [0.29, 0.717) is 25.5 Å². The maximum absolute atomic E-state index is 10.9. The molecule has 0 amide bonds. The molecule has 0 aromatic heterocycles. The first-order valence-electron chi connectivity index (χ1n) is 7.49. The molecule has 0 heterocycles. The first-order valence-corrected chi connectivity index (χ1v) is 9.38. The Labute approximate surface area is 156 Å². The number of sulfonamides is 1. The number of nitrogens with two attached hydrogens (primary N) is 1. The van der Waals surface area contributed by atoms with Crippen LogP contribution < -0.4 is 15.8 Å². The number of para-hydroxylation sites is 1. The molecule has 0 fully saturated rings. The maximum Gasteiger partial charge on any atom is 0.208 e. The molecule has 0 radical (unpaired) electrons. The van der Waals surface area contributed by atoms with Gasteiger partial charge in [-0.05, 0) is 30.4 Å². The van der Waals surface area contributed by atoms with Gasteiger partial charge in [-0.25, -0.2) is 13.1 Å². The zero-order chi connectivity index (χ0) is 16.6. The van der Waals surface area contributed by atoms with Crippen molar-refractivity contribution in [3.05, 3.63) is 29.3 Å². The van der Waals surface area contributed by atoms with Crippen molar-refractivity contribution in [1.29, 1.82) is 0 Å². The Morgan fingerprint density at radius 2 is 1.78 bits per heavy atom. The summed E-state index contributed by atoms with van der Waals surface area (Å²) in [6.45, 7) is 5.03. The number of aryl methyl sites for hydroxylation is 2. The summed E-state index contributed by atoms with van der Waals surface area (Å²) in [5.74, 6) is 0.356. The molecule has 6 nitrogen and oxygen atoms in total. The minimum Gasteiger partial charge on any atom is -0.370 e. The van der Waals surface area contributed by atoms with Crippen LogP contribution in [0.25, 0.3) is 0 Å². The van der Waals surface area contributed by atoms with Gasteiger partial charge in [0.25, 0.3) is 0 Å². The smallest absolute Gasteiger partial charge is 0.208 e. The van der Waals surface area contributed by atoms with Gasteiger partial charge < -0.3 is 11.1 Å². The summed E-state index contributed by atoms with van der Waals surface area (Å²) >= 11 is 0. The van der Waals surface area contributed by atoms with E-state index in [1.165, 1.54) is 11.1 Å². The average molecular weight is 454 g/mol. The van der Waals surface area contributed by atoms with Gasteiger partial charge in [0.05, 0.1) is 6.26 Å². The number of halogens is 1. The van der Waals surface area contributed by atoms with E-state index >= 15 is 0 Å². The Morgan fingerprint density at radius 3 is 2.26 bits per heavy atom. The fraction of sp³-hybridized carbons (Fsp3) is 0.533. The minimum atomic E-state index is -3.14. The van der Waals surface area contributed by atoms with Crippen molar-refractivity contribution in [2.24, 2.45) is 10.7 Å². The highest BCUT2D eigenvalue weighted by Crippen LogP contribution is 2.22. The third-order valence-corrected chi connectivity index (χ3v) is 3.96. The Bertz CT molecular complexity index is 596. The lowest BCUT2D eigenvalue weighted by atomic mass is 10.0. The van der Waals surface area contributed by atoms with Gasteiger partial charge in [0.15, 0.2) is 5.96 Å². The fourth-order valence-electron chi connectivity index (χ4n) is 2.11. The highest BCUT2D eigenvalue weighted by Gasteiger charge is 2.06. The van der Waals surface area contributed by atoms with E-state index in [4.69, 9.17) is 5.73 Å². The summed E-state index contributed by atoms with van der Waals surface area (Å²) in [6, 6.07) is 6.20. The zero-order valence-electron chi connectivity index (χ0n) is 13.9. The van der Waals surface area contributed by atoms with Gasteiger partial charge in [-0.3, -0.25) is 4.99 Å². The van der Waals surface area contributed by atoms with Crippen LogP contribution in [-0.2, 0) is 22.9 Å². The van der Waals surface area contributed by atoms with Crippen molar-refractivity contribution in [3.8, 4) is 0 Å². The van der Waals surface area contributed by atoms with E-state index in [9.17, 15) is 8.42 Å². The summed E-state index contributed by atoms with van der Waals surface area (Å²) in [4.78, 5) is 4.24. The van der Waals surface area contributed by atoms with Crippen molar-refractivity contribution in [2.75, 3.05) is 24.7 Å². The molecule has 0 saturated heterocycles. The zero-order valence-corrected chi connectivity index (χ0v) is 17.1. The van der Waals surface area contributed by atoms with Gasteiger partial charge in [-0.15, -0.1) is 24.0 Å². The van der Waals surface area contributed by atoms with Crippen LogP contribution in [0.5, 0.6) is 0 Å². The second kappa shape index (κ2) is 10.8. The van der Waals surface area contributed by atoms with Crippen molar-refractivity contribution < 1.29 is 8.42 Å². The molecule has 0 spiro atoms. The molecule has 0 aliphatic carbocycles. The Hall–Kier alpha value is -0.870. The molecular weight excluding hydrogens is 427 g/mol. The highest BCUT2D eigenvalue weighted by molar-refractivity contribution is 14.0. The minimum absolute atomic E-state index is 0. The Balaban J connectivity index is 0.00000484. The number of rotatable bonds is 8. The molecule has 0 saturated carbocycles. The number of hydrogen-bond donors (Lipinski definition) is 3. The number of nitrogens with zero attached hydrogens (tertiary/aromatic N) is 1. The van der Waals surface area contributed by atoms with Crippen molar-refractivity contribution in [3.63, 3.8) is 0 Å². The number of anilines is 1. The molecule has 0 aliphatic rings. The molecule has 0 unspecified atom stereocenters. The second-order valence-electron chi connectivity index (χ2n) is 5.07. The van der Waals surface area contributed by atoms with Crippen molar-refractivity contribution >= 4 is 45.6 Å². The van der Waals surface area contributed by atoms with Gasteiger partial charge >= 0.3 is 0 Å². The molecule has 1 aromatic carbocycles. The van der Waals surface area contributed by atoms with Gasteiger partial charge in [-0.1, -0.05) is 32.0 Å². The van der Waals surface area contributed by atoms with Gasteiger partial charge in [0.1, 0.15) is 0 Å². The standard InChI is InChI=1S/C15H26N4O2S.HI/c1-4-12-8-6-9-13(5-2)14(12)19-15(16)17-10-7-11-18-22(3,20)21;/h6,8-9,18H,4-5,7,10-11H2,1-3H3,(H3,16,17,19);1H. The third-order valence-electron chi connectivity index (χ3n) is 3.23. The Morgan fingerprint density at radius 1 is 1.22 bits per heavy atom. The first-order chi connectivity index (χ1) is 10.4. The predicted octanol–water partition coefficient (Wildman–Crippen LogP) is 2.10. The molecule has 0 aliphatic heterocycles. The second-order valence-corrected chi connectivity index (χ2v) is 6.90. The van der Waals surface area contributed by atoms with Gasteiger partial charge in [0.2, 0.25) is 10.0 Å². The van der Waals surface area contributed by atoms with E-state index < -0.39 is 10.0 Å². The van der Waals surface area contributed by atoms with Gasteiger partial charge in [0, 0.05) is 18.8 Å². The topological polar surface area (TPSA) is 96.6 Å². The molecule has 132 valence electrons. The molecule has 23 heavy (non-hydrogen) atoms. The highest BCUT2D eigenvalue weighted by atomic mass is 127. The lowest BCUT2D eigenvalue weighted by Crippen LogP contribution is -2.26. The van der Waals surface area contributed by atoms with E-state index in [1.807, 2.05) is 6.07 Å². The van der Waals surface area contributed by atoms with E-state index in [1.54, 1.807) is 0 Å². The summed E-state index contributed by atoms with van der Waals surface area (Å²) in [7, 11) is -3.14. The molecule has 0 atom stereocenters. The van der Waals surface area contributed by atoms with Crippen molar-refractivity contribution in [2.45, 2.75) is 33.1 Å². The molecular formula is C15H27IN4O2S. The number of nitrogens with one attached hydrogen (secondary N) is 2. The number of guanidine groups is 1. The lowest BCUT2D eigenvalue weighted by molar-refractivity contribution is 0.586. The molecule has 1 rings (SSSR count). The van der Waals surface area contributed by atoms with Crippen LogP contribution in [-0.4, -0.2) is 33.7 Å². The summed E-state index contributed by atoms with van der Waals surface area (Å²) in [5.41, 5.74) is 9.36. The van der Waals surface area contributed by atoms with Crippen LogP contribution >= 0.6 is 24.0 Å². The predicted molar refractivity (Wildman–Crippen MR) is 108 cm³/mol. The van der Waals surface area contributed by atoms with Crippen LogP contribution in [0.1, 0.15) is 31.4 Å². The number of benzene rings is 1. The first kappa shape index (κ1) is 22.1. The van der Waals surface area contributed by atoms with Crippen LogP contribution in [0.15, 0.2) is 23.2 Å². The van der Waals surface area contributed by atoms with Crippen LogP contribution in [0.2, 0.25) is 0 Å². The Kier molecular flexibility index (Phi) is 10.4. The fourth-order valence-corrected chi connectivity index (χ4v) is 2.62. The van der Waals surface area contributed by atoms with Gasteiger partial charge in [-0.2, -0.15) is 0 Å². The quantitative estimate of drug-likeness (QED) is 0.243. The summed E-state index contributed by atoms with van der Waals surface area (Å²) in [6.07, 6.45) is 3.58. The summed E-state index contributed by atoms with van der Waals surface area (Å²) in [5, 5.41) is 3.18. The molecule has 1 aromatic rings. The lowest BCUT2D eigenvalue weighted by Gasteiger charge is -2.14. The van der Waals surface area contributed by atoms with Crippen LogP contribution in [0.3, 0.4) is 0 Å². The van der Waals surface area contributed by atoms with E-state index in [0.717, 1.165) is 24.8 Å². The van der Waals surface area contributed by atoms with Crippen LogP contribution in [0, 0.1) is 0 Å². The maximum atomic E-state index is 10.9. The summed E-state index contributed by atoms with van der Waals surface area (Å²) < 4.78 is 24.3. The van der Waals surface area contributed by atoms with Crippen molar-refractivity contribution in [1.82, 2.24) is 4.72 Å². The number of hydrogen-bond acceptors (Lipinski definition) is 3. The SMILES string of the molecule is CCc1cccc(CC)c1NC(N)=NCCCNS(C)(=O)=O.I. The van der Waals surface area contributed by atoms with E-state index in [2.05, 4.69) is 41.0 Å². The monoisotopic (exact) mass is 454 g/mol. The normalized spacial score (nSPS) is 11.9.